The lowest BCUT2D eigenvalue weighted by atomic mass is 10.1. The van der Waals surface area contributed by atoms with Gasteiger partial charge in [-0.3, -0.25) is 4.79 Å². The van der Waals surface area contributed by atoms with Gasteiger partial charge in [0.1, 0.15) is 23.1 Å². The van der Waals surface area contributed by atoms with Crippen LogP contribution in [0.1, 0.15) is 16.8 Å². The van der Waals surface area contributed by atoms with E-state index >= 15 is 0 Å². The van der Waals surface area contributed by atoms with Crippen LogP contribution in [0.5, 0.6) is 5.75 Å². The predicted octanol–water partition coefficient (Wildman–Crippen LogP) is 3.29. The third-order valence-electron chi connectivity index (χ3n) is 3.06. The Morgan fingerprint density at radius 2 is 1.86 bits per heavy atom. The molecule has 1 heterocycles. The lowest BCUT2D eigenvalue weighted by Gasteiger charge is -2.04. The molecule has 0 amide bonds. The van der Waals surface area contributed by atoms with Crippen molar-refractivity contribution >= 4 is 11.4 Å². The normalized spacial score (nSPS) is 10.6. The minimum absolute atomic E-state index is 0.0595. The smallest absolute Gasteiger partial charge is 0.266 e. The SMILES string of the molecule is COc1ccc(N=Nc2c(C)[nH]c(=O)c(C#N)c2C)cc1. The number of azo groups is 1. The summed E-state index contributed by atoms with van der Waals surface area (Å²) in [5, 5.41) is 17.3. The maximum atomic E-state index is 11.6. The van der Waals surface area contributed by atoms with Gasteiger partial charge in [-0.25, -0.2) is 0 Å². The van der Waals surface area contributed by atoms with E-state index in [4.69, 9.17) is 10.00 Å². The molecule has 0 atom stereocenters. The molecule has 0 bridgehead atoms. The number of aromatic amines is 1. The molecule has 0 aliphatic heterocycles. The van der Waals surface area contributed by atoms with Crippen LogP contribution in [0, 0.1) is 25.2 Å². The van der Waals surface area contributed by atoms with Crippen LogP contribution >= 0.6 is 0 Å². The van der Waals surface area contributed by atoms with Crippen LogP contribution in [0.15, 0.2) is 39.3 Å². The number of methoxy groups -OCH3 is 1. The van der Waals surface area contributed by atoms with E-state index in [2.05, 4.69) is 15.2 Å². The number of pyridine rings is 1. The summed E-state index contributed by atoms with van der Waals surface area (Å²) >= 11 is 0. The molecule has 0 spiro atoms. The standard InChI is InChI=1S/C15H14N4O2/c1-9-13(8-16)15(20)17-10(2)14(9)19-18-11-4-6-12(21-3)7-5-11/h4-7H,1-3H3,(H,17,20). The highest BCUT2D eigenvalue weighted by molar-refractivity contribution is 5.55. The summed E-state index contributed by atoms with van der Waals surface area (Å²) in [5.74, 6) is 0.733. The molecule has 0 unspecified atom stereocenters. The van der Waals surface area contributed by atoms with E-state index in [-0.39, 0.29) is 5.56 Å². The molecule has 1 aromatic carbocycles. The van der Waals surface area contributed by atoms with Crippen molar-refractivity contribution in [3.8, 4) is 11.8 Å². The van der Waals surface area contributed by atoms with Crippen LogP contribution in [0.4, 0.5) is 11.4 Å². The summed E-state index contributed by atoms with van der Waals surface area (Å²) < 4.78 is 5.07. The van der Waals surface area contributed by atoms with Crippen molar-refractivity contribution in [2.75, 3.05) is 7.11 Å². The zero-order valence-corrected chi connectivity index (χ0v) is 12.0. The van der Waals surface area contributed by atoms with Gasteiger partial charge in [0.05, 0.1) is 12.8 Å². The van der Waals surface area contributed by atoms with E-state index in [1.54, 1.807) is 45.2 Å². The summed E-state index contributed by atoms with van der Waals surface area (Å²) in [7, 11) is 1.59. The molecular formula is C15H14N4O2. The third-order valence-corrected chi connectivity index (χ3v) is 3.06. The molecule has 0 saturated carbocycles. The van der Waals surface area contributed by atoms with Crippen molar-refractivity contribution in [3.63, 3.8) is 0 Å². The summed E-state index contributed by atoms with van der Waals surface area (Å²) in [4.78, 5) is 14.2. The Hall–Kier alpha value is -2.94. The lowest BCUT2D eigenvalue weighted by Crippen LogP contribution is -2.13. The van der Waals surface area contributed by atoms with Gasteiger partial charge in [-0.05, 0) is 38.1 Å². The van der Waals surface area contributed by atoms with Gasteiger partial charge < -0.3 is 9.72 Å². The molecule has 0 saturated heterocycles. The van der Waals surface area contributed by atoms with E-state index in [1.807, 2.05) is 6.07 Å². The molecule has 0 fully saturated rings. The Balaban J connectivity index is 2.41. The zero-order chi connectivity index (χ0) is 15.4. The minimum Gasteiger partial charge on any atom is -0.497 e. The molecular weight excluding hydrogens is 268 g/mol. The van der Waals surface area contributed by atoms with Crippen molar-refractivity contribution in [1.82, 2.24) is 4.98 Å². The van der Waals surface area contributed by atoms with Crippen LogP contribution in [-0.2, 0) is 0 Å². The monoisotopic (exact) mass is 282 g/mol. The van der Waals surface area contributed by atoms with Crippen molar-refractivity contribution in [2.24, 2.45) is 10.2 Å². The highest BCUT2D eigenvalue weighted by Gasteiger charge is 2.11. The van der Waals surface area contributed by atoms with Crippen molar-refractivity contribution in [3.05, 3.63) is 51.4 Å². The zero-order valence-electron chi connectivity index (χ0n) is 12.0. The molecule has 0 radical (unpaired) electrons. The van der Waals surface area contributed by atoms with E-state index in [9.17, 15) is 4.79 Å². The summed E-state index contributed by atoms with van der Waals surface area (Å²) in [6.45, 7) is 3.40. The third kappa shape index (κ3) is 2.98. The van der Waals surface area contributed by atoms with E-state index in [0.717, 1.165) is 5.75 Å². The number of nitrogens with one attached hydrogen (secondary N) is 1. The molecule has 6 heteroatoms. The second-order valence-corrected chi connectivity index (χ2v) is 4.44. The fraction of sp³-hybridized carbons (Fsp3) is 0.200. The van der Waals surface area contributed by atoms with Gasteiger partial charge in [0.15, 0.2) is 0 Å². The maximum absolute atomic E-state index is 11.6. The first-order valence-corrected chi connectivity index (χ1v) is 6.26. The highest BCUT2D eigenvalue weighted by atomic mass is 16.5. The number of hydrogen-bond acceptors (Lipinski definition) is 5. The van der Waals surface area contributed by atoms with E-state index in [0.29, 0.717) is 22.6 Å². The average Bonchev–Trinajstić information content (AvgIpc) is 2.47. The van der Waals surface area contributed by atoms with Crippen molar-refractivity contribution in [1.29, 1.82) is 5.26 Å². The second-order valence-electron chi connectivity index (χ2n) is 4.44. The maximum Gasteiger partial charge on any atom is 0.266 e. The van der Waals surface area contributed by atoms with Gasteiger partial charge in [0.2, 0.25) is 0 Å². The number of nitriles is 1. The average molecular weight is 282 g/mol. The number of rotatable bonds is 3. The molecule has 2 aromatic rings. The quantitative estimate of drug-likeness (QED) is 0.876. The summed E-state index contributed by atoms with van der Waals surface area (Å²) in [6.07, 6.45) is 0. The Labute approximate surface area is 121 Å². The number of H-pyrrole nitrogens is 1. The summed E-state index contributed by atoms with van der Waals surface area (Å²) in [6, 6.07) is 8.98. The molecule has 1 N–H and O–H groups in total. The molecule has 0 aliphatic carbocycles. The van der Waals surface area contributed by atoms with Crippen LogP contribution < -0.4 is 10.3 Å². The lowest BCUT2D eigenvalue weighted by molar-refractivity contribution is 0.415. The fourth-order valence-electron chi connectivity index (χ4n) is 1.90. The Kier molecular flexibility index (Phi) is 4.14. The van der Waals surface area contributed by atoms with Crippen LogP contribution in [0.25, 0.3) is 0 Å². The first-order chi connectivity index (χ1) is 10.1. The minimum atomic E-state index is -0.407. The van der Waals surface area contributed by atoms with Gasteiger partial charge >= 0.3 is 0 Å². The van der Waals surface area contributed by atoms with Gasteiger partial charge in [0, 0.05) is 11.3 Å². The van der Waals surface area contributed by atoms with Gasteiger partial charge in [-0.2, -0.15) is 10.4 Å². The number of hydrogen-bond donors (Lipinski definition) is 1. The molecule has 6 nitrogen and oxygen atoms in total. The van der Waals surface area contributed by atoms with Gasteiger partial charge in [0.25, 0.3) is 5.56 Å². The molecule has 106 valence electrons. The second kappa shape index (κ2) is 6.01. The van der Waals surface area contributed by atoms with Crippen molar-refractivity contribution in [2.45, 2.75) is 13.8 Å². The largest absolute Gasteiger partial charge is 0.497 e. The van der Waals surface area contributed by atoms with Gasteiger partial charge in [-0.1, -0.05) is 0 Å². The van der Waals surface area contributed by atoms with Crippen molar-refractivity contribution < 1.29 is 4.74 Å². The van der Waals surface area contributed by atoms with Gasteiger partial charge in [-0.15, -0.1) is 5.11 Å². The Morgan fingerprint density at radius 1 is 1.19 bits per heavy atom. The number of nitrogens with zero attached hydrogens (tertiary/aromatic N) is 3. The summed E-state index contributed by atoms with van der Waals surface area (Å²) in [5.41, 5.74) is 1.91. The fourth-order valence-corrected chi connectivity index (χ4v) is 1.90. The molecule has 1 aromatic heterocycles. The molecule has 2 rings (SSSR count). The Morgan fingerprint density at radius 3 is 2.43 bits per heavy atom. The predicted molar refractivity (Wildman–Crippen MR) is 78.4 cm³/mol. The van der Waals surface area contributed by atoms with Crippen LogP contribution in [-0.4, -0.2) is 12.1 Å². The molecule has 21 heavy (non-hydrogen) atoms. The van der Waals surface area contributed by atoms with E-state index in [1.165, 1.54) is 0 Å². The highest BCUT2D eigenvalue weighted by Crippen LogP contribution is 2.26. The topological polar surface area (TPSA) is 90.6 Å². The van der Waals surface area contributed by atoms with E-state index < -0.39 is 5.56 Å². The Bertz CT molecular complexity index is 783. The first kappa shape index (κ1) is 14.5. The number of ether oxygens (including phenoxy) is 1. The number of aryl methyl sites for hydroxylation is 1. The molecule has 0 aliphatic rings. The van der Waals surface area contributed by atoms with Crippen LogP contribution in [0.3, 0.4) is 0 Å². The first-order valence-electron chi connectivity index (χ1n) is 6.26. The van der Waals surface area contributed by atoms with Crippen LogP contribution in [0.2, 0.25) is 0 Å². The number of benzene rings is 1. The number of aromatic nitrogens is 1.